The SMILES string of the molecule is CCNC(CCn1nc(C)c(Br)c1C)C(=O)OC. The number of rotatable bonds is 6. The minimum Gasteiger partial charge on any atom is -0.468 e. The first-order chi connectivity index (χ1) is 8.51. The number of aromatic nitrogens is 2. The molecule has 0 radical (unpaired) electrons. The van der Waals surface area contributed by atoms with Crippen molar-refractivity contribution in [1.29, 1.82) is 0 Å². The number of halogens is 1. The number of carbonyl (C=O) groups is 1. The normalized spacial score (nSPS) is 12.5. The van der Waals surface area contributed by atoms with Crippen LogP contribution in [0, 0.1) is 13.8 Å². The average molecular weight is 318 g/mol. The Hall–Kier alpha value is -0.880. The molecule has 102 valence electrons. The van der Waals surface area contributed by atoms with Crippen molar-refractivity contribution in [2.45, 2.75) is 39.8 Å². The van der Waals surface area contributed by atoms with E-state index in [9.17, 15) is 4.79 Å². The van der Waals surface area contributed by atoms with Crippen molar-refractivity contribution in [3.8, 4) is 0 Å². The largest absolute Gasteiger partial charge is 0.468 e. The van der Waals surface area contributed by atoms with Gasteiger partial charge in [0, 0.05) is 12.2 Å². The van der Waals surface area contributed by atoms with Gasteiger partial charge in [-0.2, -0.15) is 5.10 Å². The van der Waals surface area contributed by atoms with Gasteiger partial charge in [0.1, 0.15) is 6.04 Å². The van der Waals surface area contributed by atoms with Gasteiger partial charge in [-0.05, 0) is 42.7 Å². The molecule has 0 aliphatic heterocycles. The van der Waals surface area contributed by atoms with E-state index in [1.807, 2.05) is 25.5 Å². The summed E-state index contributed by atoms with van der Waals surface area (Å²) < 4.78 is 7.71. The molecule has 6 heteroatoms. The molecule has 1 aromatic heterocycles. The second kappa shape index (κ2) is 6.89. The lowest BCUT2D eigenvalue weighted by Gasteiger charge is -2.15. The first-order valence-electron chi connectivity index (χ1n) is 6.02. The molecule has 18 heavy (non-hydrogen) atoms. The van der Waals surface area contributed by atoms with Crippen molar-refractivity contribution >= 4 is 21.9 Å². The zero-order valence-electron chi connectivity index (χ0n) is 11.3. The molecule has 0 saturated heterocycles. The maximum Gasteiger partial charge on any atom is 0.322 e. The highest BCUT2D eigenvalue weighted by Crippen LogP contribution is 2.20. The summed E-state index contributed by atoms with van der Waals surface area (Å²) >= 11 is 3.49. The van der Waals surface area contributed by atoms with E-state index in [4.69, 9.17) is 4.74 Å². The lowest BCUT2D eigenvalue weighted by Crippen LogP contribution is -2.38. The maximum atomic E-state index is 11.6. The topological polar surface area (TPSA) is 56.2 Å². The van der Waals surface area contributed by atoms with E-state index in [0.717, 1.165) is 22.4 Å². The van der Waals surface area contributed by atoms with Gasteiger partial charge in [0.2, 0.25) is 0 Å². The van der Waals surface area contributed by atoms with Crippen LogP contribution < -0.4 is 5.32 Å². The standard InChI is InChI=1S/C12H20BrN3O2/c1-5-14-10(12(17)18-4)6-7-16-9(3)11(13)8(2)15-16/h10,14H,5-7H2,1-4H3. The maximum absolute atomic E-state index is 11.6. The van der Waals surface area contributed by atoms with Crippen molar-refractivity contribution in [1.82, 2.24) is 15.1 Å². The fourth-order valence-electron chi connectivity index (χ4n) is 1.84. The van der Waals surface area contributed by atoms with Crippen LogP contribution in [0.4, 0.5) is 0 Å². The van der Waals surface area contributed by atoms with Gasteiger partial charge in [-0.3, -0.25) is 9.48 Å². The monoisotopic (exact) mass is 317 g/mol. The minimum absolute atomic E-state index is 0.225. The third-order valence-corrected chi connectivity index (χ3v) is 4.01. The van der Waals surface area contributed by atoms with Gasteiger partial charge in [0.15, 0.2) is 0 Å². The number of likely N-dealkylation sites (N-methyl/N-ethyl adjacent to an activating group) is 1. The number of esters is 1. The Bertz CT molecular complexity index is 418. The van der Waals surface area contributed by atoms with Gasteiger partial charge in [-0.15, -0.1) is 0 Å². The van der Waals surface area contributed by atoms with E-state index >= 15 is 0 Å². The smallest absolute Gasteiger partial charge is 0.322 e. The molecule has 0 amide bonds. The Morgan fingerprint density at radius 2 is 2.22 bits per heavy atom. The Morgan fingerprint density at radius 3 is 2.67 bits per heavy atom. The molecule has 5 nitrogen and oxygen atoms in total. The Morgan fingerprint density at radius 1 is 1.56 bits per heavy atom. The van der Waals surface area contributed by atoms with Gasteiger partial charge in [-0.1, -0.05) is 6.92 Å². The van der Waals surface area contributed by atoms with E-state index in [2.05, 4.69) is 26.3 Å². The van der Waals surface area contributed by atoms with Crippen molar-refractivity contribution in [2.75, 3.05) is 13.7 Å². The molecule has 0 aliphatic carbocycles. The summed E-state index contributed by atoms with van der Waals surface area (Å²) in [5, 5.41) is 7.53. The summed E-state index contributed by atoms with van der Waals surface area (Å²) in [5.74, 6) is -0.225. The van der Waals surface area contributed by atoms with Crippen LogP contribution in [0.5, 0.6) is 0 Å². The molecule has 1 N–H and O–H groups in total. The first-order valence-corrected chi connectivity index (χ1v) is 6.81. The fourth-order valence-corrected chi connectivity index (χ4v) is 2.12. The Balaban J connectivity index is 2.66. The summed E-state index contributed by atoms with van der Waals surface area (Å²) in [4.78, 5) is 11.6. The summed E-state index contributed by atoms with van der Waals surface area (Å²) in [6.45, 7) is 7.35. The van der Waals surface area contributed by atoms with Crippen molar-refractivity contribution in [2.24, 2.45) is 0 Å². The van der Waals surface area contributed by atoms with Crippen LogP contribution >= 0.6 is 15.9 Å². The number of ether oxygens (including phenoxy) is 1. The molecule has 0 spiro atoms. The molecule has 0 aliphatic rings. The molecule has 1 unspecified atom stereocenters. The van der Waals surface area contributed by atoms with Crippen LogP contribution in [0.25, 0.3) is 0 Å². The lowest BCUT2D eigenvalue weighted by molar-refractivity contribution is -0.143. The number of methoxy groups -OCH3 is 1. The van der Waals surface area contributed by atoms with Gasteiger partial charge >= 0.3 is 5.97 Å². The lowest BCUT2D eigenvalue weighted by atomic mass is 10.2. The average Bonchev–Trinajstić information content (AvgIpc) is 2.61. The summed E-state index contributed by atoms with van der Waals surface area (Å²) in [6, 6.07) is -0.275. The molecule has 0 bridgehead atoms. The van der Waals surface area contributed by atoms with Gasteiger partial charge in [0.05, 0.1) is 17.3 Å². The van der Waals surface area contributed by atoms with Crippen LogP contribution in [0.15, 0.2) is 4.47 Å². The first kappa shape index (κ1) is 15.2. The fraction of sp³-hybridized carbons (Fsp3) is 0.667. The van der Waals surface area contributed by atoms with E-state index in [1.165, 1.54) is 7.11 Å². The van der Waals surface area contributed by atoms with E-state index in [-0.39, 0.29) is 12.0 Å². The minimum atomic E-state index is -0.275. The van der Waals surface area contributed by atoms with Gasteiger partial charge < -0.3 is 10.1 Å². The van der Waals surface area contributed by atoms with E-state index < -0.39 is 0 Å². The predicted molar refractivity (Wildman–Crippen MR) is 73.5 cm³/mol. The third kappa shape index (κ3) is 3.55. The van der Waals surface area contributed by atoms with Crippen molar-refractivity contribution in [3.63, 3.8) is 0 Å². The predicted octanol–water partition coefficient (Wildman–Crippen LogP) is 1.80. The summed E-state index contributed by atoms with van der Waals surface area (Å²) in [7, 11) is 1.41. The molecule has 0 aromatic carbocycles. The van der Waals surface area contributed by atoms with Crippen LogP contribution in [-0.2, 0) is 16.1 Å². The second-order valence-corrected chi connectivity index (χ2v) is 4.92. The molecule has 1 heterocycles. The molecular weight excluding hydrogens is 298 g/mol. The third-order valence-electron chi connectivity index (χ3n) is 2.86. The van der Waals surface area contributed by atoms with Crippen LogP contribution in [0.1, 0.15) is 24.7 Å². The quantitative estimate of drug-likeness (QED) is 0.813. The molecule has 1 rings (SSSR count). The van der Waals surface area contributed by atoms with Gasteiger partial charge in [-0.25, -0.2) is 0 Å². The summed E-state index contributed by atoms with van der Waals surface area (Å²) in [6.07, 6.45) is 0.662. The van der Waals surface area contributed by atoms with Crippen LogP contribution in [0.3, 0.4) is 0 Å². The van der Waals surface area contributed by atoms with Crippen LogP contribution in [-0.4, -0.2) is 35.4 Å². The Kier molecular flexibility index (Phi) is 5.81. The molecule has 1 aromatic rings. The number of hydrogen-bond acceptors (Lipinski definition) is 4. The molecular formula is C12H20BrN3O2. The number of aryl methyl sites for hydroxylation is 2. The van der Waals surface area contributed by atoms with E-state index in [0.29, 0.717) is 13.0 Å². The Labute approximate surface area is 116 Å². The highest BCUT2D eigenvalue weighted by Gasteiger charge is 2.18. The van der Waals surface area contributed by atoms with Gasteiger partial charge in [0.25, 0.3) is 0 Å². The van der Waals surface area contributed by atoms with Crippen molar-refractivity contribution < 1.29 is 9.53 Å². The van der Waals surface area contributed by atoms with Crippen molar-refractivity contribution in [3.05, 3.63) is 15.9 Å². The number of nitrogens with zero attached hydrogens (tertiary/aromatic N) is 2. The molecule has 0 saturated carbocycles. The van der Waals surface area contributed by atoms with Crippen LogP contribution in [0.2, 0.25) is 0 Å². The highest BCUT2D eigenvalue weighted by atomic mass is 79.9. The number of hydrogen-bond donors (Lipinski definition) is 1. The zero-order valence-corrected chi connectivity index (χ0v) is 12.9. The number of nitrogens with one attached hydrogen (secondary N) is 1. The number of carbonyl (C=O) groups excluding carboxylic acids is 1. The highest BCUT2D eigenvalue weighted by molar-refractivity contribution is 9.10. The second-order valence-electron chi connectivity index (χ2n) is 4.13. The molecule has 1 atom stereocenters. The summed E-state index contributed by atoms with van der Waals surface area (Å²) in [5.41, 5.74) is 2.04. The van der Waals surface area contributed by atoms with E-state index in [1.54, 1.807) is 0 Å². The molecule has 0 fully saturated rings. The zero-order chi connectivity index (χ0) is 13.7.